The first kappa shape index (κ1) is 16.3. The molecular formula is C20H28N2O. The fourth-order valence-corrected chi connectivity index (χ4v) is 3.79. The summed E-state index contributed by atoms with van der Waals surface area (Å²) in [6.07, 6.45) is 9.44. The summed E-state index contributed by atoms with van der Waals surface area (Å²) in [5.74, 6) is 0.695. The van der Waals surface area contributed by atoms with Gasteiger partial charge in [-0.3, -0.25) is 9.69 Å². The molecule has 3 heteroatoms. The first-order valence-corrected chi connectivity index (χ1v) is 8.94. The Labute approximate surface area is 139 Å². The van der Waals surface area contributed by atoms with Gasteiger partial charge in [0.05, 0.1) is 0 Å². The van der Waals surface area contributed by atoms with Crippen molar-refractivity contribution in [3.8, 4) is 0 Å². The van der Waals surface area contributed by atoms with E-state index >= 15 is 0 Å². The number of hydrogen-bond acceptors (Lipinski definition) is 2. The number of hydrogen-bond donors (Lipinski definition) is 1. The van der Waals surface area contributed by atoms with Crippen molar-refractivity contribution in [1.29, 1.82) is 0 Å². The van der Waals surface area contributed by atoms with E-state index < -0.39 is 0 Å². The van der Waals surface area contributed by atoms with Crippen molar-refractivity contribution >= 4 is 5.91 Å². The lowest BCUT2D eigenvalue weighted by Gasteiger charge is -2.38. The zero-order valence-corrected chi connectivity index (χ0v) is 14.1. The summed E-state index contributed by atoms with van der Waals surface area (Å²) in [5, 5.41) is 3.26. The average Bonchev–Trinajstić information content (AvgIpc) is 3.04. The molecule has 0 radical (unpaired) electrons. The van der Waals surface area contributed by atoms with Crippen molar-refractivity contribution in [2.75, 3.05) is 6.54 Å². The van der Waals surface area contributed by atoms with Crippen LogP contribution >= 0.6 is 0 Å². The van der Waals surface area contributed by atoms with Gasteiger partial charge in [-0.25, -0.2) is 0 Å². The number of nitrogens with one attached hydrogen (secondary N) is 1. The van der Waals surface area contributed by atoms with Crippen LogP contribution in [0.2, 0.25) is 0 Å². The molecule has 1 heterocycles. The zero-order chi connectivity index (χ0) is 16.1. The van der Waals surface area contributed by atoms with E-state index in [2.05, 4.69) is 59.6 Å². The number of amides is 1. The molecule has 0 aromatic heterocycles. The van der Waals surface area contributed by atoms with Crippen LogP contribution in [0.3, 0.4) is 0 Å². The fraction of sp³-hybridized carbons (Fsp3) is 0.550. The van der Waals surface area contributed by atoms with Crippen molar-refractivity contribution < 1.29 is 4.79 Å². The smallest absolute Gasteiger partial charge is 0.220 e. The minimum atomic E-state index is 0.232. The number of piperidine rings is 1. The highest BCUT2D eigenvalue weighted by Crippen LogP contribution is 2.22. The predicted octanol–water partition coefficient (Wildman–Crippen LogP) is 3.51. The van der Waals surface area contributed by atoms with Gasteiger partial charge in [-0.15, -0.1) is 0 Å². The number of carbonyl (C=O) groups is 1. The lowest BCUT2D eigenvalue weighted by molar-refractivity contribution is -0.122. The Kier molecular flexibility index (Phi) is 5.50. The van der Waals surface area contributed by atoms with Crippen molar-refractivity contribution in [2.24, 2.45) is 5.92 Å². The third kappa shape index (κ3) is 4.68. The first-order chi connectivity index (χ1) is 11.2. The molecular weight excluding hydrogens is 284 g/mol. The number of allylic oxidation sites excluding steroid dienone is 2. The standard InChI is InChI=1S/C20H28N2O/c1-16-13-19(21-20(23)14-17-7-5-6-8-17)11-12-22(16)15-18-9-3-2-4-10-18/h2-5,7,9-10,16-17,19H,6,8,11-15H2,1H3,(H,21,23). The SMILES string of the molecule is CC1CC(NC(=O)CC2C=CCC2)CCN1Cc1ccccc1. The number of nitrogens with zero attached hydrogens (tertiary/aromatic N) is 1. The minimum Gasteiger partial charge on any atom is -0.353 e. The quantitative estimate of drug-likeness (QED) is 0.844. The largest absolute Gasteiger partial charge is 0.353 e. The van der Waals surface area contributed by atoms with Crippen LogP contribution in [-0.2, 0) is 11.3 Å². The van der Waals surface area contributed by atoms with Gasteiger partial charge in [0, 0.05) is 31.6 Å². The molecule has 2 aliphatic rings. The molecule has 3 nitrogen and oxygen atoms in total. The zero-order valence-electron chi connectivity index (χ0n) is 14.1. The molecule has 1 aliphatic heterocycles. The Hall–Kier alpha value is -1.61. The summed E-state index contributed by atoms with van der Waals surface area (Å²) in [5.41, 5.74) is 1.37. The predicted molar refractivity (Wildman–Crippen MR) is 94.0 cm³/mol. The Morgan fingerprint density at radius 2 is 2.09 bits per heavy atom. The summed E-state index contributed by atoms with van der Waals surface area (Å²) in [6, 6.07) is 11.5. The van der Waals surface area contributed by atoms with E-state index in [1.54, 1.807) is 0 Å². The summed E-state index contributed by atoms with van der Waals surface area (Å²) in [6.45, 7) is 4.35. The Morgan fingerprint density at radius 1 is 1.26 bits per heavy atom. The second-order valence-electron chi connectivity index (χ2n) is 7.06. The Bertz CT molecular complexity index is 540. The molecule has 0 saturated carbocycles. The molecule has 1 N–H and O–H groups in total. The second kappa shape index (κ2) is 7.78. The minimum absolute atomic E-state index is 0.232. The molecule has 3 atom stereocenters. The van der Waals surface area contributed by atoms with Crippen LogP contribution in [0.5, 0.6) is 0 Å². The van der Waals surface area contributed by atoms with E-state index in [1.165, 1.54) is 5.56 Å². The summed E-state index contributed by atoms with van der Waals surface area (Å²) in [4.78, 5) is 14.7. The van der Waals surface area contributed by atoms with E-state index in [-0.39, 0.29) is 5.91 Å². The van der Waals surface area contributed by atoms with Crippen LogP contribution < -0.4 is 5.32 Å². The first-order valence-electron chi connectivity index (χ1n) is 8.94. The van der Waals surface area contributed by atoms with Gasteiger partial charge in [-0.2, -0.15) is 0 Å². The van der Waals surface area contributed by atoms with Gasteiger partial charge in [0.25, 0.3) is 0 Å². The van der Waals surface area contributed by atoms with Gasteiger partial charge in [-0.1, -0.05) is 42.5 Å². The maximum atomic E-state index is 12.2. The van der Waals surface area contributed by atoms with E-state index in [9.17, 15) is 4.79 Å². The molecule has 1 aromatic carbocycles. The van der Waals surface area contributed by atoms with Gasteiger partial charge >= 0.3 is 0 Å². The van der Waals surface area contributed by atoms with E-state index in [0.29, 0.717) is 24.4 Å². The molecule has 124 valence electrons. The van der Waals surface area contributed by atoms with Gasteiger partial charge in [-0.05, 0) is 44.1 Å². The number of likely N-dealkylation sites (tertiary alicyclic amines) is 1. The molecule has 3 rings (SSSR count). The highest BCUT2D eigenvalue weighted by Gasteiger charge is 2.26. The van der Waals surface area contributed by atoms with Gasteiger partial charge in [0.15, 0.2) is 0 Å². The van der Waals surface area contributed by atoms with Crippen molar-refractivity contribution in [1.82, 2.24) is 10.2 Å². The van der Waals surface area contributed by atoms with Crippen LogP contribution in [0.4, 0.5) is 0 Å². The van der Waals surface area contributed by atoms with E-state index in [1.807, 2.05) is 0 Å². The normalized spacial score (nSPS) is 28.0. The summed E-state index contributed by atoms with van der Waals surface area (Å²) < 4.78 is 0. The van der Waals surface area contributed by atoms with Crippen LogP contribution in [0.25, 0.3) is 0 Å². The van der Waals surface area contributed by atoms with E-state index in [4.69, 9.17) is 0 Å². The van der Waals surface area contributed by atoms with Crippen LogP contribution in [-0.4, -0.2) is 29.4 Å². The van der Waals surface area contributed by atoms with Crippen LogP contribution in [0.15, 0.2) is 42.5 Å². The lowest BCUT2D eigenvalue weighted by atomic mass is 9.96. The maximum absolute atomic E-state index is 12.2. The molecule has 1 amide bonds. The molecule has 1 aliphatic carbocycles. The molecule has 0 spiro atoms. The number of benzene rings is 1. The van der Waals surface area contributed by atoms with Crippen molar-refractivity contribution in [3.05, 3.63) is 48.0 Å². The number of carbonyl (C=O) groups excluding carboxylic acids is 1. The third-order valence-corrected chi connectivity index (χ3v) is 5.17. The summed E-state index contributed by atoms with van der Waals surface area (Å²) >= 11 is 0. The fourth-order valence-electron chi connectivity index (χ4n) is 3.79. The van der Waals surface area contributed by atoms with Gasteiger partial charge < -0.3 is 5.32 Å². The van der Waals surface area contributed by atoms with E-state index in [0.717, 1.165) is 38.8 Å². The average molecular weight is 312 g/mol. The maximum Gasteiger partial charge on any atom is 0.220 e. The molecule has 3 unspecified atom stereocenters. The molecule has 1 fully saturated rings. The Morgan fingerprint density at radius 3 is 2.78 bits per heavy atom. The molecule has 1 saturated heterocycles. The lowest BCUT2D eigenvalue weighted by Crippen LogP contribution is -2.48. The topological polar surface area (TPSA) is 32.3 Å². The third-order valence-electron chi connectivity index (χ3n) is 5.17. The highest BCUT2D eigenvalue weighted by molar-refractivity contribution is 5.76. The highest BCUT2D eigenvalue weighted by atomic mass is 16.1. The second-order valence-corrected chi connectivity index (χ2v) is 7.06. The van der Waals surface area contributed by atoms with Crippen molar-refractivity contribution in [3.63, 3.8) is 0 Å². The molecule has 1 aromatic rings. The van der Waals surface area contributed by atoms with Crippen LogP contribution in [0, 0.1) is 5.92 Å². The molecule has 0 bridgehead atoms. The van der Waals surface area contributed by atoms with Gasteiger partial charge in [0.2, 0.25) is 5.91 Å². The Balaban J connectivity index is 1.44. The van der Waals surface area contributed by atoms with Crippen molar-refractivity contribution in [2.45, 2.75) is 57.7 Å². The summed E-state index contributed by atoms with van der Waals surface area (Å²) in [7, 11) is 0. The molecule has 23 heavy (non-hydrogen) atoms. The van der Waals surface area contributed by atoms with Gasteiger partial charge in [0.1, 0.15) is 0 Å². The number of rotatable bonds is 5. The van der Waals surface area contributed by atoms with Crippen LogP contribution in [0.1, 0.15) is 44.6 Å². The monoisotopic (exact) mass is 312 g/mol.